The molecule has 2 heteroatoms. The molecule has 0 N–H and O–H groups in total. The third-order valence-electron chi connectivity index (χ3n) is 2.25. The lowest BCUT2D eigenvalue weighted by molar-refractivity contribution is 0.745. The van der Waals surface area contributed by atoms with Crippen LogP contribution in [-0.4, -0.2) is 10.2 Å². The fourth-order valence-electron chi connectivity index (χ4n) is 1.35. The molecule has 0 aromatic carbocycles. The van der Waals surface area contributed by atoms with E-state index in [1.54, 1.807) is 0 Å². The number of aromatic nitrogens is 2. The normalized spacial score (nSPS) is 11.3. The van der Waals surface area contributed by atoms with Crippen molar-refractivity contribution in [2.75, 3.05) is 0 Å². The zero-order valence-electron chi connectivity index (χ0n) is 9.13. The van der Waals surface area contributed by atoms with Gasteiger partial charge in [-0.3, -0.25) is 0 Å². The van der Waals surface area contributed by atoms with Gasteiger partial charge in [-0.15, -0.1) is 0 Å². The van der Waals surface area contributed by atoms with E-state index in [9.17, 15) is 0 Å². The molecule has 1 rings (SSSR count). The van der Waals surface area contributed by atoms with Crippen molar-refractivity contribution in [3.63, 3.8) is 0 Å². The highest BCUT2D eigenvalue weighted by molar-refractivity contribution is 5.24. The first-order valence-electron chi connectivity index (χ1n) is 4.86. The Morgan fingerprint density at radius 2 is 1.62 bits per heavy atom. The molecular weight excluding hydrogens is 160 g/mol. The molecule has 0 spiro atoms. The van der Waals surface area contributed by atoms with Gasteiger partial charge in [-0.1, -0.05) is 27.7 Å². The van der Waals surface area contributed by atoms with Crippen LogP contribution in [0.1, 0.15) is 56.5 Å². The quantitative estimate of drug-likeness (QED) is 0.695. The van der Waals surface area contributed by atoms with Crippen LogP contribution in [0.4, 0.5) is 0 Å². The first kappa shape index (κ1) is 10.2. The van der Waals surface area contributed by atoms with Gasteiger partial charge < -0.3 is 0 Å². The molecule has 0 bridgehead atoms. The summed E-state index contributed by atoms with van der Waals surface area (Å²) in [6.45, 7) is 10.7. The molecule has 1 aromatic heterocycles. The summed E-state index contributed by atoms with van der Waals surface area (Å²) in [6.07, 6.45) is 0. The molecule has 1 aromatic rings. The van der Waals surface area contributed by atoms with Crippen molar-refractivity contribution in [2.45, 2.75) is 46.5 Å². The van der Waals surface area contributed by atoms with Gasteiger partial charge in [-0.05, 0) is 30.4 Å². The van der Waals surface area contributed by atoms with Crippen molar-refractivity contribution < 1.29 is 0 Å². The Morgan fingerprint density at radius 3 is 2.08 bits per heavy atom. The Labute approximate surface area is 80.4 Å². The highest BCUT2D eigenvalue weighted by Crippen LogP contribution is 2.20. The van der Waals surface area contributed by atoms with Gasteiger partial charge in [0.15, 0.2) is 0 Å². The molecule has 0 radical (unpaired) electrons. The van der Waals surface area contributed by atoms with E-state index in [0.717, 1.165) is 11.4 Å². The van der Waals surface area contributed by atoms with Gasteiger partial charge >= 0.3 is 0 Å². The average Bonchev–Trinajstić information content (AvgIpc) is 2.04. The lowest BCUT2D eigenvalue weighted by Gasteiger charge is -2.11. The van der Waals surface area contributed by atoms with E-state index >= 15 is 0 Å². The SMILES string of the molecule is Cc1nnc(C(C)C)cc1C(C)C. The summed E-state index contributed by atoms with van der Waals surface area (Å²) in [5, 5.41) is 8.34. The van der Waals surface area contributed by atoms with Gasteiger partial charge in [0.2, 0.25) is 0 Å². The number of aryl methyl sites for hydroxylation is 1. The van der Waals surface area contributed by atoms with Gasteiger partial charge in [0, 0.05) is 0 Å². The number of hydrogen-bond acceptors (Lipinski definition) is 2. The second-order valence-electron chi connectivity index (χ2n) is 4.12. The smallest absolute Gasteiger partial charge is 0.0659 e. The molecular formula is C11H18N2. The Balaban J connectivity index is 3.11. The zero-order valence-corrected chi connectivity index (χ0v) is 9.13. The molecule has 0 saturated heterocycles. The largest absolute Gasteiger partial charge is 0.155 e. The van der Waals surface area contributed by atoms with Crippen molar-refractivity contribution in [3.05, 3.63) is 23.0 Å². The second kappa shape index (κ2) is 3.86. The average molecular weight is 178 g/mol. The molecule has 0 aliphatic heterocycles. The molecule has 0 unspecified atom stereocenters. The summed E-state index contributed by atoms with van der Waals surface area (Å²) in [5.74, 6) is 0.999. The Kier molecular flexibility index (Phi) is 3.02. The van der Waals surface area contributed by atoms with Crippen LogP contribution < -0.4 is 0 Å². The fourth-order valence-corrected chi connectivity index (χ4v) is 1.35. The Bertz CT molecular complexity index is 290. The van der Waals surface area contributed by atoms with Gasteiger partial charge in [0.1, 0.15) is 0 Å². The summed E-state index contributed by atoms with van der Waals surface area (Å²) in [7, 11) is 0. The summed E-state index contributed by atoms with van der Waals surface area (Å²) in [5.41, 5.74) is 3.47. The maximum absolute atomic E-state index is 4.17. The van der Waals surface area contributed by atoms with E-state index < -0.39 is 0 Å². The summed E-state index contributed by atoms with van der Waals surface area (Å²) >= 11 is 0. The van der Waals surface area contributed by atoms with Crippen LogP contribution >= 0.6 is 0 Å². The van der Waals surface area contributed by atoms with Crippen molar-refractivity contribution in [1.82, 2.24) is 10.2 Å². The predicted octanol–water partition coefficient (Wildman–Crippen LogP) is 3.03. The summed E-state index contributed by atoms with van der Waals surface area (Å²) < 4.78 is 0. The standard InChI is InChI=1S/C11H18N2/c1-7(2)10-6-11(8(3)4)13-12-9(10)5/h6-8H,1-5H3. The molecule has 0 aliphatic carbocycles. The van der Waals surface area contributed by atoms with Crippen LogP contribution in [-0.2, 0) is 0 Å². The van der Waals surface area contributed by atoms with E-state index in [0.29, 0.717) is 11.8 Å². The molecule has 0 saturated carbocycles. The van der Waals surface area contributed by atoms with E-state index in [2.05, 4.69) is 44.0 Å². The van der Waals surface area contributed by atoms with Crippen molar-refractivity contribution in [2.24, 2.45) is 0 Å². The number of rotatable bonds is 2. The van der Waals surface area contributed by atoms with Crippen LogP contribution in [0.5, 0.6) is 0 Å². The molecule has 0 atom stereocenters. The van der Waals surface area contributed by atoms with Crippen LogP contribution in [0.3, 0.4) is 0 Å². The number of nitrogens with zero attached hydrogens (tertiary/aromatic N) is 2. The first-order valence-corrected chi connectivity index (χ1v) is 4.86. The molecule has 13 heavy (non-hydrogen) atoms. The van der Waals surface area contributed by atoms with Crippen LogP contribution in [0, 0.1) is 6.92 Å². The van der Waals surface area contributed by atoms with Crippen LogP contribution in [0.15, 0.2) is 6.07 Å². The fraction of sp³-hybridized carbons (Fsp3) is 0.636. The van der Waals surface area contributed by atoms with E-state index in [-0.39, 0.29) is 0 Å². The molecule has 2 nitrogen and oxygen atoms in total. The molecule has 1 heterocycles. The van der Waals surface area contributed by atoms with E-state index in [1.807, 2.05) is 6.92 Å². The Hall–Kier alpha value is -0.920. The monoisotopic (exact) mass is 178 g/mol. The minimum atomic E-state index is 0.464. The lowest BCUT2D eigenvalue weighted by atomic mass is 9.99. The second-order valence-corrected chi connectivity index (χ2v) is 4.12. The third-order valence-corrected chi connectivity index (χ3v) is 2.25. The molecule has 0 fully saturated rings. The van der Waals surface area contributed by atoms with Crippen LogP contribution in [0.2, 0.25) is 0 Å². The van der Waals surface area contributed by atoms with Crippen molar-refractivity contribution in [1.29, 1.82) is 0 Å². The minimum Gasteiger partial charge on any atom is -0.155 e. The minimum absolute atomic E-state index is 0.464. The van der Waals surface area contributed by atoms with Crippen molar-refractivity contribution >= 4 is 0 Å². The lowest BCUT2D eigenvalue weighted by Crippen LogP contribution is -2.02. The highest BCUT2D eigenvalue weighted by atomic mass is 15.1. The van der Waals surface area contributed by atoms with Gasteiger partial charge in [0.25, 0.3) is 0 Å². The third kappa shape index (κ3) is 2.27. The van der Waals surface area contributed by atoms with Gasteiger partial charge in [-0.25, -0.2) is 0 Å². The first-order chi connectivity index (χ1) is 6.02. The highest BCUT2D eigenvalue weighted by Gasteiger charge is 2.08. The number of hydrogen-bond donors (Lipinski definition) is 0. The van der Waals surface area contributed by atoms with Crippen molar-refractivity contribution in [3.8, 4) is 0 Å². The summed E-state index contributed by atoms with van der Waals surface area (Å²) in [6, 6.07) is 2.18. The molecule has 0 amide bonds. The maximum atomic E-state index is 4.17. The van der Waals surface area contributed by atoms with Gasteiger partial charge in [0.05, 0.1) is 11.4 Å². The zero-order chi connectivity index (χ0) is 10.0. The van der Waals surface area contributed by atoms with Gasteiger partial charge in [-0.2, -0.15) is 10.2 Å². The summed E-state index contributed by atoms with van der Waals surface area (Å²) in [4.78, 5) is 0. The van der Waals surface area contributed by atoms with E-state index in [1.165, 1.54) is 5.56 Å². The maximum Gasteiger partial charge on any atom is 0.0659 e. The topological polar surface area (TPSA) is 25.8 Å². The molecule has 72 valence electrons. The predicted molar refractivity (Wildman–Crippen MR) is 54.9 cm³/mol. The Morgan fingerprint density at radius 1 is 1.00 bits per heavy atom. The van der Waals surface area contributed by atoms with E-state index in [4.69, 9.17) is 0 Å². The molecule has 0 aliphatic rings. The van der Waals surface area contributed by atoms with Crippen LogP contribution in [0.25, 0.3) is 0 Å².